The summed E-state index contributed by atoms with van der Waals surface area (Å²) >= 11 is 6.27. The van der Waals surface area contributed by atoms with Gasteiger partial charge < -0.3 is 18.5 Å². The highest BCUT2D eigenvalue weighted by molar-refractivity contribution is 6.31. The van der Waals surface area contributed by atoms with Crippen LogP contribution in [0, 0.1) is 0 Å². The molecular formula is C29H26ClF2N5O5. The molecule has 42 heavy (non-hydrogen) atoms. The maximum Gasteiger partial charge on any atom is 0.314 e. The zero-order valence-electron chi connectivity index (χ0n) is 22.9. The Morgan fingerprint density at radius 3 is 2.57 bits per heavy atom. The van der Waals surface area contributed by atoms with Crippen LogP contribution in [0.1, 0.15) is 30.3 Å². The van der Waals surface area contributed by atoms with Gasteiger partial charge in [0.1, 0.15) is 5.75 Å². The van der Waals surface area contributed by atoms with E-state index in [1.807, 2.05) is 31.4 Å². The number of pyridine rings is 1. The Bertz CT molecular complexity index is 1820. The maximum absolute atomic E-state index is 13.6. The second kappa shape index (κ2) is 12.2. The van der Waals surface area contributed by atoms with Gasteiger partial charge in [-0.05, 0) is 47.9 Å². The third kappa shape index (κ3) is 5.95. The molecule has 0 aliphatic carbocycles. The molecule has 0 fully saturated rings. The van der Waals surface area contributed by atoms with Crippen LogP contribution < -0.4 is 10.3 Å². The molecule has 1 unspecified atom stereocenters. The van der Waals surface area contributed by atoms with Crippen LogP contribution in [0.5, 0.6) is 5.75 Å². The number of aryl methyl sites for hydroxylation is 1. The summed E-state index contributed by atoms with van der Waals surface area (Å²) in [6.45, 7) is 0.233. The highest BCUT2D eigenvalue weighted by Gasteiger charge is 2.26. The zero-order valence-corrected chi connectivity index (χ0v) is 23.6. The molecular weight excluding hydrogens is 572 g/mol. The largest absolute Gasteiger partial charge is 0.495 e. The lowest BCUT2D eigenvalue weighted by Crippen LogP contribution is -2.31. The fraction of sp³-hybridized carbons (Fsp3) is 0.276. The van der Waals surface area contributed by atoms with E-state index in [2.05, 4.69) is 15.3 Å². The van der Waals surface area contributed by atoms with Crippen molar-refractivity contribution in [1.82, 2.24) is 24.5 Å². The van der Waals surface area contributed by atoms with E-state index < -0.39 is 23.9 Å². The summed E-state index contributed by atoms with van der Waals surface area (Å²) < 4.78 is 45.3. The van der Waals surface area contributed by atoms with Crippen molar-refractivity contribution in [3.8, 4) is 28.3 Å². The van der Waals surface area contributed by atoms with Gasteiger partial charge in [0.05, 0.1) is 24.9 Å². The van der Waals surface area contributed by atoms with Crippen LogP contribution in [-0.4, -0.2) is 51.2 Å². The number of aromatic nitrogens is 5. The van der Waals surface area contributed by atoms with Gasteiger partial charge in [-0.1, -0.05) is 17.7 Å². The normalized spacial score (nSPS) is 12.3. The lowest BCUT2D eigenvalue weighted by Gasteiger charge is -2.21. The number of fused-ring (bicyclic) bond motifs is 1. The van der Waals surface area contributed by atoms with Crippen molar-refractivity contribution in [3.63, 3.8) is 0 Å². The number of Topliss-reactive ketones (excluding diaryl/α,β-unsaturated/α-hetero) is 1. The number of rotatable bonds is 11. The first-order valence-corrected chi connectivity index (χ1v) is 13.2. The third-order valence-corrected chi connectivity index (χ3v) is 6.99. The van der Waals surface area contributed by atoms with Crippen molar-refractivity contribution in [2.75, 3.05) is 20.8 Å². The standard InChI is InChI=1S/C29H26ClF2N5O5/c1-36-14-17-10-16(4-7-22(17)35-36)11-24(38)23(8-9-40-2)37-15-25(41-3)21(13-26(37)39)20-12-18(30)5-6-19(20)28-33-34-29(42-28)27(31)32/h4-7,10,12-15,23,27H,8-9,11H2,1-3H3. The lowest BCUT2D eigenvalue weighted by atomic mass is 9.98. The first kappa shape index (κ1) is 29.1. The Kier molecular flexibility index (Phi) is 8.46. The smallest absolute Gasteiger partial charge is 0.314 e. The van der Waals surface area contributed by atoms with Crippen molar-refractivity contribution in [2.24, 2.45) is 7.05 Å². The highest BCUT2D eigenvalue weighted by atomic mass is 35.5. The number of nitrogens with zero attached hydrogens (tertiary/aromatic N) is 5. The number of ketones is 1. The average molecular weight is 598 g/mol. The summed E-state index contributed by atoms with van der Waals surface area (Å²) in [5.74, 6) is -0.975. The maximum atomic E-state index is 13.6. The minimum atomic E-state index is -2.95. The fourth-order valence-corrected chi connectivity index (χ4v) is 4.99. The molecule has 0 bridgehead atoms. The molecule has 0 aliphatic heterocycles. The van der Waals surface area contributed by atoms with E-state index in [9.17, 15) is 18.4 Å². The molecule has 3 heterocycles. The quantitative estimate of drug-likeness (QED) is 0.198. The second-order valence-electron chi connectivity index (χ2n) is 9.57. The van der Waals surface area contributed by atoms with E-state index in [0.29, 0.717) is 16.1 Å². The van der Waals surface area contributed by atoms with Gasteiger partial charge in [0.2, 0.25) is 5.89 Å². The van der Waals surface area contributed by atoms with Crippen LogP contribution in [0.15, 0.2) is 64.1 Å². The molecule has 0 amide bonds. The molecule has 10 nitrogen and oxygen atoms in total. The molecule has 13 heteroatoms. The number of hydrogen-bond acceptors (Lipinski definition) is 8. The van der Waals surface area contributed by atoms with E-state index in [1.165, 1.54) is 49.2 Å². The van der Waals surface area contributed by atoms with Crippen molar-refractivity contribution in [1.29, 1.82) is 0 Å². The van der Waals surface area contributed by atoms with Crippen LogP contribution in [0.2, 0.25) is 5.02 Å². The Morgan fingerprint density at radius 2 is 1.86 bits per heavy atom. The topological polar surface area (TPSA) is 114 Å². The summed E-state index contributed by atoms with van der Waals surface area (Å²) in [4.78, 5) is 27.2. The van der Waals surface area contributed by atoms with E-state index in [4.69, 9.17) is 25.5 Å². The second-order valence-corrected chi connectivity index (χ2v) is 10.0. The molecule has 1 atom stereocenters. The fourth-order valence-electron chi connectivity index (χ4n) is 4.81. The molecule has 5 aromatic rings. The van der Waals surface area contributed by atoms with Gasteiger partial charge in [0, 0.05) is 61.0 Å². The van der Waals surface area contributed by atoms with Crippen LogP contribution in [-0.2, 0) is 23.0 Å². The molecule has 5 rings (SSSR count). The molecule has 0 aliphatic rings. The average Bonchev–Trinajstić information content (AvgIpc) is 3.60. The zero-order chi connectivity index (χ0) is 30.0. The van der Waals surface area contributed by atoms with Gasteiger partial charge in [0.15, 0.2) is 5.78 Å². The number of alkyl halides is 2. The molecule has 218 valence electrons. The Hall–Kier alpha value is -4.42. The van der Waals surface area contributed by atoms with Crippen molar-refractivity contribution >= 4 is 28.3 Å². The minimum absolute atomic E-state index is 0.0811. The Labute approximate surface area is 243 Å². The molecule has 0 saturated heterocycles. The molecule has 0 saturated carbocycles. The Morgan fingerprint density at radius 1 is 1.05 bits per heavy atom. The lowest BCUT2D eigenvalue weighted by molar-refractivity contribution is -0.122. The number of carbonyl (C=O) groups excluding carboxylic acids is 1. The number of carbonyl (C=O) groups is 1. The van der Waals surface area contributed by atoms with Gasteiger partial charge in [-0.2, -0.15) is 13.9 Å². The predicted octanol–water partition coefficient (Wildman–Crippen LogP) is 5.44. The third-order valence-electron chi connectivity index (χ3n) is 6.76. The molecule has 3 aromatic heterocycles. The van der Waals surface area contributed by atoms with Gasteiger partial charge >= 0.3 is 6.43 Å². The first-order valence-electron chi connectivity index (χ1n) is 12.8. The minimum Gasteiger partial charge on any atom is -0.495 e. The number of ether oxygens (including phenoxy) is 2. The van der Waals surface area contributed by atoms with Crippen LogP contribution in [0.4, 0.5) is 8.78 Å². The van der Waals surface area contributed by atoms with Gasteiger partial charge in [-0.3, -0.25) is 14.3 Å². The number of methoxy groups -OCH3 is 2. The van der Waals surface area contributed by atoms with Crippen LogP contribution >= 0.6 is 11.6 Å². The summed E-state index contributed by atoms with van der Waals surface area (Å²) in [5.41, 5.74) is 2.02. The summed E-state index contributed by atoms with van der Waals surface area (Å²) in [6.07, 6.45) is 0.690. The van der Waals surface area contributed by atoms with Crippen molar-refractivity contribution in [2.45, 2.75) is 25.3 Å². The molecule has 0 N–H and O–H groups in total. The Balaban J connectivity index is 1.54. The SMILES string of the molecule is COCCC(C(=O)Cc1ccc2nn(C)cc2c1)n1cc(OC)c(-c2cc(Cl)ccc2-c2nnc(C(F)F)o2)cc1=O. The molecule has 2 aromatic carbocycles. The van der Waals surface area contributed by atoms with Gasteiger partial charge in [0.25, 0.3) is 11.4 Å². The number of halogens is 3. The summed E-state index contributed by atoms with van der Waals surface area (Å²) in [7, 11) is 4.75. The summed E-state index contributed by atoms with van der Waals surface area (Å²) in [6, 6.07) is 10.6. The highest BCUT2D eigenvalue weighted by Crippen LogP contribution is 2.38. The monoisotopic (exact) mass is 597 g/mol. The van der Waals surface area contributed by atoms with E-state index >= 15 is 0 Å². The van der Waals surface area contributed by atoms with E-state index in [-0.39, 0.29) is 42.4 Å². The van der Waals surface area contributed by atoms with E-state index in [0.717, 1.165) is 16.5 Å². The van der Waals surface area contributed by atoms with Gasteiger partial charge in [-0.15, -0.1) is 10.2 Å². The summed E-state index contributed by atoms with van der Waals surface area (Å²) in [5, 5.41) is 12.7. The van der Waals surface area contributed by atoms with E-state index in [1.54, 1.807) is 4.68 Å². The van der Waals surface area contributed by atoms with Crippen molar-refractivity contribution < 1.29 is 27.5 Å². The predicted molar refractivity (Wildman–Crippen MR) is 151 cm³/mol. The number of benzene rings is 2. The number of hydrogen-bond donors (Lipinski definition) is 0. The van der Waals surface area contributed by atoms with Crippen LogP contribution in [0.25, 0.3) is 33.5 Å². The molecule has 0 radical (unpaired) electrons. The first-order chi connectivity index (χ1) is 20.2. The molecule has 0 spiro atoms. The van der Waals surface area contributed by atoms with Gasteiger partial charge in [-0.25, -0.2) is 0 Å². The van der Waals surface area contributed by atoms with Crippen molar-refractivity contribution in [3.05, 3.63) is 81.7 Å². The van der Waals surface area contributed by atoms with Crippen LogP contribution in [0.3, 0.4) is 0 Å².